The first-order valence-electron chi connectivity index (χ1n) is 10.4. The molecule has 7 heteroatoms. The third-order valence-electron chi connectivity index (χ3n) is 5.19. The Hall–Kier alpha value is -3.22. The van der Waals surface area contributed by atoms with E-state index >= 15 is 0 Å². The van der Waals surface area contributed by atoms with Crippen LogP contribution >= 0.6 is 0 Å². The Morgan fingerprint density at radius 1 is 1.23 bits per heavy atom. The Kier molecular flexibility index (Phi) is 7.17. The fraction of sp³-hybridized carbons (Fsp3) is 0.391. The van der Waals surface area contributed by atoms with Crippen molar-refractivity contribution in [1.29, 1.82) is 5.41 Å². The molecule has 1 aliphatic heterocycles. The van der Waals surface area contributed by atoms with E-state index in [4.69, 9.17) is 5.41 Å². The lowest BCUT2D eigenvalue weighted by Gasteiger charge is -2.37. The van der Waals surface area contributed by atoms with Crippen molar-refractivity contribution in [3.05, 3.63) is 53.9 Å². The summed E-state index contributed by atoms with van der Waals surface area (Å²) in [5, 5.41) is 11.2. The van der Waals surface area contributed by atoms with E-state index in [1.165, 1.54) is 5.56 Å². The minimum absolute atomic E-state index is 0.217. The van der Waals surface area contributed by atoms with Crippen LogP contribution in [-0.2, 0) is 0 Å². The minimum atomic E-state index is -0.217. The molecule has 3 rings (SSSR count). The third-order valence-corrected chi connectivity index (χ3v) is 5.19. The van der Waals surface area contributed by atoms with E-state index in [2.05, 4.69) is 46.2 Å². The fourth-order valence-corrected chi connectivity index (χ4v) is 3.41. The van der Waals surface area contributed by atoms with Crippen molar-refractivity contribution in [2.24, 2.45) is 4.99 Å². The van der Waals surface area contributed by atoms with Gasteiger partial charge in [0.25, 0.3) is 5.91 Å². The van der Waals surface area contributed by atoms with E-state index in [-0.39, 0.29) is 5.91 Å². The smallest absolute Gasteiger partial charge is 0.274 e. The summed E-state index contributed by atoms with van der Waals surface area (Å²) in [5.74, 6) is 0.630. The lowest BCUT2D eigenvalue weighted by Crippen LogP contribution is -2.49. The van der Waals surface area contributed by atoms with Crippen LogP contribution in [0.4, 0.5) is 11.4 Å². The maximum atomic E-state index is 12.7. The first-order chi connectivity index (χ1) is 14.5. The molecule has 158 valence electrons. The molecule has 1 saturated heterocycles. The average Bonchev–Trinajstić information content (AvgIpc) is 2.78. The molecule has 2 N–H and O–H groups in total. The predicted octanol–water partition coefficient (Wildman–Crippen LogP) is 3.65. The summed E-state index contributed by atoms with van der Waals surface area (Å²) in [7, 11) is 0. The van der Waals surface area contributed by atoms with Crippen molar-refractivity contribution >= 4 is 29.3 Å². The highest BCUT2D eigenvalue weighted by atomic mass is 16.1. The number of nitrogens with one attached hydrogen (secondary N) is 2. The maximum absolute atomic E-state index is 12.7. The van der Waals surface area contributed by atoms with Gasteiger partial charge in [-0.15, -0.1) is 0 Å². The SMILES string of the molecule is CCN=CC(=N)N1CCN(c2cc(C(C)C)ccc2NC(=O)c2ccccn2)CC1. The Morgan fingerprint density at radius 2 is 2.00 bits per heavy atom. The predicted molar refractivity (Wildman–Crippen MR) is 123 cm³/mol. The molecule has 1 aromatic heterocycles. The topological polar surface area (TPSA) is 84.7 Å². The molecular formula is C23H30N6O. The molecule has 1 fully saturated rings. The van der Waals surface area contributed by atoms with Crippen molar-refractivity contribution < 1.29 is 4.79 Å². The van der Waals surface area contributed by atoms with Gasteiger partial charge in [0.05, 0.1) is 17.6 Å². The van der Waals surface area contributed by atoms with Gasteiger partial charge in [0.2, 0.25) is 0 Å². The number of amidine groups is 1. The van der Waals surface area contributed by atoms with Crippen molar-refractivity contribution in [3.8, 4) is 0 Å². The standard InChI is InChI=1S/C23H30N6O/c1-4-25-16-22(24)29-13-11-28(12-14-29)21-15-18(17(2)3)8-9-19(21)27-23(30)20-7-5-6-10-26-20/h5-10,15-17,24H,4,11-14H2,1-3H3,(H,27,30). The first-order valence-corrected chi connectivity index (χ1v) is 10.4. The molecule has 7 nitrogen and oxygen atoms in total. The fourth-order valence-electron chi connectivity index (χ4n) is 3.41. The number of aromatic nitrogens is 1. The number of carbonyl (C=O) groups excluding carboxylic acids is 1. The van der Waals surface area contributed by atoms with Crippen LogP contribution in [-0.4, -0.2) is 60.6 Å². The maximum Gasteiger partial charge on any atom is 0.274 e. The van der Waals surface area contributed by atoms with E-state index in [0.717, 1.165) is 37.6 Å². The molecule has 2 aromatic rings. The number of benzene rings is 1. The van der Waals surface area contributed by atoms with Gasteiger partial charge in [-0.3, -0.25) is 20.2 Å². The zero-order valence-corrected chi connectivity index (χ0v) is 17.9. The quantitative estimate of drug-likeness (QED) is 0.566. The van der Waals surface area contributed by atoms with Crippen molar-refractivity contribution in [2.75, 3.05) is 42.9 Å². The monoisotopic (exact) mass is 406 g/mol. The normalized spacial score (nSPS) is 14.4. The zero-order valence-electron chi connectivity index (χ0n) is 17.9. The van der Waals surface area contributed by atoms with Crippen LogP contribution < -0.4 is 10.2 Å². The van der Waals surface area contributed by atoms with E-state index in [1.54, 1.807) is 30.6 Å². The van der Waals surface area contributed by atoms with Gasteiger partial charge < -0.3 is 15.1 Å². The highest BCUT2D eigenvalue weighted by molar-refractivity contribution is 6.27. The third kappa shape index (κ3) is 5.23. The van der Waals surface area contributed by atoms with Crippen LogP contribution in [0, 0.1) is 5.41 Å². The highest BCUT2D eigenvalue weighted by Gasteiger charge is 2.22. The molecule has 0 saturated carbocycles. The Balaban J connectivity index is 1.79. The summed E-state index contributed by atoms with van der Waals surface area (Å²) in [6.45, 7) is 10.0. The number of hydrogen-bond donors (Lipinski definition) is 2. The largest absolute Gasteiger partial charge is 0.366 e. The Bertz CT molecular complexity index is 901. The van der Waals surface area contributed by atoms with Crippen LogP contribution in [0.2, 0.25) is 0 Å². The van der Waals surface area contributed by atoms with Crippen LogP contribution in [0.1, 0.15) is 42.7 Å². The molecular weight excluding hydrogens is 376 g/mol. The summed E-state index contributed by atoms with van der Waals surface area (Å²) >= 11 is 0. The average molecular weight is 407 g/mol. The minimum Gasteiger partial charge on any atom is -0.366 e. The number of piperazine rings is 1. The second kappa shape index (κ2) is 10.0. The summed E-state index contributed by atoms with van der Waals surface area (Å²) in [6, 6.07) is 11.5. The van der Waals surface area contributed by atoms with Gasteiger partial charge in [-0.2, -0.15) is 0 Å². The molecule has 1 aliphatic rings. The number of amides is 1. The van der Waals surface area contributed by atoms with Crippen LogP contribution in [0.5, 0.6) is 0 Å². The molecule has 30 heavy (non-hydrogen) atoms. The molecule has 0 bridgehead atoms. The van der Waals surface area contributed by atoms with Gasteiger partial charge in [-0.05, 0) is 42.7 Å². The van der Waals surface area contributed by atoms with Gasteiger partial charge in [0, 0.05) is 38.9 Å². The van der Waals surface area contributed by atoms with Crippen LogP contribution in [0.3, 0.4) is 0 Å². The molecule has 1 aromatic carbocycles. The second-order valence-electron chi connectivity index (χ2n) is 7.59. The molecule has 0 radical (unpaired) electrons. The van der Waals surface area contributed by atoms with E-state index in [9.17, 15) is 4.79 Å². The van der Waals surface area contributed by atoms with Crippen LogP contribution in [0.15, 0.2) is 47.6 Å². The lowest BCUT2D eigenvalue weighted by molar-refractivity contribution is 0.102. The zero-order chi connectivity index (χ0) is 21.5. The summed E-state index contributed by atoms with van der Waals surface area (Å²) in [5.41, 5.74) is 3.42. The number of carbonyl (C=O) groups is 1. The summed E-state index contributed by atoms with van der Waals surface area (Å²) in [6.07, 6.45) is 3.25. The van der Waals surface area contributed by atoms with Gasteiger partial charge >= 0.3 is 0 Å². The van der Waals surface area contributed by atoms with Gasteiger partial charge in [-0.1, -0.05) is 26.0 Å². The Labute approximate surface area is 178 Å². The number of nitrogens with zero attached hydrogens (tertiary/aromatic N) is 4. The Morgan fingerprint density at radius 3 is 2.63 bits per heavy atom. The number of pyridine rings is 1. The highest BCUT2D eigenvalue weighted by Crippen LogP contribution is 2.31. The van der Waals surface area contributed by atoms with E-state index in [0.29, 0.717) is 24.0 Å². The molecule has 0 unspecified atom stereocenters. The molecule has 0 spiro atoms. The van der Waals surface area contributed by atoms with E-state index in [1.807, 2.05) is 17.9 Å². The molecule has 0 aliphatic carbocycles. The molecule has 0 atom stereocenters. The van der Waals surface area contributed by atoms with Crippen molar-refractivity contribution in [2.45, 2.75) is 26.7 Å². The van der Waals surface area contributed by atoms with Crippen LogP contribution in [0.25, 0.3) is 0 Å². The number of hydrogen-bond acceptors (Lipinski definition) is 5. The van der Waals surface area contributed by atoms with Gasteiger partial charge in [0.15, 0.2) is 0 Å². The number of rotatable bonds is 6. The lowest BCUT2D eigenvalue weighted by atomic mass is 10.0. The molecule has 1 amide bonds. The summed E-state index contributed by atoms with van der Waals surface area (Å²) < 4.78 is 0. The molecule has 2 heterocycles. The van der Waals surface area contributed by atoms with Crippen molar-refractivity contribution in [3.63, 3.8) is 0 Å². The van der Waals surface area contributed by atoms with Crippen molar-refractivity contribution in [1.82, 2.24) is 9.88 Å². The number of aliphatic imine (C=N–C) groups is 1. The number of anilines is 2. The van der Waals surface area contributed by atoms with Gasteiger partial charge in [-0.25, -0.2) is 0 Å². The second-order valence-corrected chi connectivity index (χ2v) is 7.59. The van der Waals surface area contributed by atoms with E-state index < -0.39 is 0 Å². The first kappa shape index (κ1) is 21.5. The van der Waals surface area contributed by atoms with Gasteiger partial charge in [0.1, 0.15) is 11.5 Å². The summed E-state index contributed by atoms with van der Waals surface area (Å²) in [4.78, 5) is 25.3.